The summed E-state index contributed by atoms with van der Waals surface area (Å²) in [5, 5.41) is 0. The van der Waals surface area contributed by atoms with Crippen LogP contribution in [0.2, 0.25) is 0 Å². The molecule has 36 heavy (non-hydrogen) atoms. The first kappa shape index (κ1) is 23.0. The van der Waals surface area contributed by atoms with E-state index in [-0.39, 0.29) is 0 Å². The molecular weight excluding hydrogens is 456 g/mol. The molecule has 1 aliphatic rings. The fourth-order valence-corrected chi connectivity index (χ4v) is 6.59. The molecule has 1 aliphatic heterocycles. The Morgan fingerprint density at radius 1 is 0.722 bits per heavy atom. The molecule has 2 nitrogen and oxygen atoms in total. The van der Waals surface area contributed by atoms with Crippen LogP contribution in [0.5, 0.6) is 0 Å². The monoisotopic (exact) mass is 487 g/mol. The van der Waals surface area contributed by atoms with Gasteiger partial charge in [-0.15, -0.1) is 11.3 Å². The molecule has 1 aromatic heterocycles. The number of benzene rings is 4. The molecule has 5 aromatic rings. The lowest BCUT2D eigenvalue weighted by molar-refractivity contribution is 0.213. The predicted molar refractivity (Wildman–Crippen MR) is 152 cm³/mol. The number of thiazole rings is 1. The van der Waals surface area contributed by atoms with Crippen LogP contribution < -0.4 is 4.90 Å². The molecule has 0 spiro atoms. The molecule has 1 fully saturated rings. The van der Waals surface area contributed by atoms with E-state index >= 15 is 0 Å². The predicted octanol–water partition coefficient (Wildman–Crippen LogP) is 7.64. The first-order chi connectivity index (χ1) is 17.8. The Morgan fingerprint density at radius 2 is 1.33 bits per heavy atom. The van der Waals surface area contributed by atoms with Gasteiger partial charge in [-0.1, -0.05) is 91.0 Å². The summed E-state index contributed by atoms with van der Waals surface area (Å²) in [6, 6.07) is 40.4. The third kappa shape index (κ3) is 5.08. The Morgan fingerprint density at radius 3 is 2.00 bits per heavy atom. The lowest BCUT2D eigenvalue weighted by Gasteiger charge is -2.47. The summed E-state index contributed by atoms with van der Waals surface area (Å²) in [7, 11) is 0. The van der Waals surface area contributed by atoms with Crippen LogP contribution in [0.25, 0.3) is 10.2 Å². The Balaban J connectivity index is 1.40. The number of nitrogens with zero attached hydrogens (tertiary/aromatic N) is 2. The molecule has 6 rings (SSSR count). The van der Waals surface area contributed by atoms with Gasteiger partial charge in [0.2, 0.25) is 0 Å². The van der Waals surface area contributed by atoms with E-state index in [4.69, 9.17) is 0 Å². The van der Waals surface area contributed by atoms with Crippen molar-refractivity contribution in [2.45, 2.75) is 31.7 Å². The van der Waals surface area contributed by atoms with Crippen molar-refractivity contribution in [3.8, 4) is 0 Å². The molecule has 0 saturated carbocycles. The van der Waals surface area contributed by atoms with Crippen molar-refractivity contribution in [2.75, 3.05) is 11.4 Å². The second-order valence-corrected chi connectivity index (χ2v) is 10.8. The van der Waals surface area contributed by atoms with Crippen LogP contribution >= 0.6 is 11.3 Å². The van der Waals surface area contributed by atoms with Crippen molar-refractivity contribution >= 4 is 27.2 Å². The molecule has 179 valence electrons. The van der Waals surface area contributed by atoms with Gasteiger partial charge in [0.1, 0.15) is 0 Å². The minimum Gasteiger partial charge on any atom is -0.368 e. The first-order valence-corrected chi connectivity index (χ1v) is 13.8. The van der Waals surface area contributed by atoms with Crippen molar-refractivity contribution in [3.63, 3.8) is 0 Å². The molecule has 4 aromatic carbocycles. The number of piperidine rings is 1. The molecule has 3 unspecified atom stereocenters. The van der Waals surface area contributed by atoms with Crippen molar-refractivity contribution in [1.82, 2.24) is 4.98 Å². The molecule has 1 saturated heterocycles. The summed E-state index contributed by atoms with van der Waals surface area (Å²) in [6.07, 6.45) is 4.47. The van der Waals surface area contributed by atoms with E-state index in [2.05, 4.69) is 125 Å². The SMILES string of the molecule is [c]1nc2cc(N3CCC(Cc4ccccc4)C(Cc4ccccc4)C3Cc3ccccc3)ccc2s1. The highest BCUT2D eigenvalue weighted by Gasteiger charge is 2.38. The number of aromatic nitrogens is 1. The van der Waals surface area contributed by atoms with Crippen LogP contribution in [0, 0.1) is 17.3 Å². The minimum atomic E-state index is 0.412. The lowest BCUT2D eigenvalue weighted by atomic mass is 9.72. The quantitative estimate of drug-likeness (QED) is 0.234. The van der Waals surface area contributed by atoms with E-state index in [0.29, 0.717) is 17.9 Å². The maximum absolute atomic E-state index is 4.51. The van der Waals surface area contributed by atoms with E-state index in [1.54, 1.807) is 11.3 Å². The van der Waals surface area contributed by atoms with Gasteiger partial charge in [0, 0.05) is 18.3 Å². The van der Waals surface area contributed by atoms with E-state index < -0.39 is 0 Å². The normalized spacial score (nSPS) is 20.0. The summed E-state index contributed by atoms with van der Waals surface area (Å²) < 4.78 is 1.21. The van der Waals surface area contributed by atoms with Gasteiger partial charge in [-0.25, -0.2) is 4.98 Å². The average molecular weight is 488 g/mol. The number of hydrogen-bond acceptors (Lipinski definition) is 3. The lowest BCUT2D eigenvalue weighted by Crippen LogP contribution is -2.51. The molecule has 1 radical (unpaired) electrons. The van der Waals surface area contributed by atoms with Crippen LogP contribution in [0.1, 0.15) is 23.1 Å². The largest absolute Gasteiger partial charge is 0.368 e. The second-order valence-electron chi connectivity index (χ2n) is 10.00. The van der Waals surface area contributed by atoms with Gasteiger partial charge in [0.05, 0.1) is 10.2 Å². The van der Waals surface area contributed by atoms with E-state index in [1.807, 2.05) is 0 Å². The molecule has 2 heterocycles. The molecular formula is C33H31N2S. The number of hydrogen-bond donors (Lipinski definition) is 0. The zero-order valence-electron chi connectivity index (χ0n) is 20.5. The van der Waals surface area contributed by atoms with Gasteiger partial charge >= 0.3 is 0 Å². The zero-order valence-corrected chi connectivity index (χ0v) is 21.3. The van der Waals surface area contributed by atoms with Crippen LogP contribution in [-0.2, 0) is 19.3 Å². The van der Waals surface area contributed by atoms with Crippen molar-refractivity contribution < 1.29 is 0 Å². The van der Waals surface area contributed by atoms with Crippen molar-refractivity contribution in [1.29, 1.82) is 0 Å². The van der Waals surface area contributed by atoms with Crippen LogP contribution in [0.3, 0.4) is 0 Å². The Hall–Kier alpha value is -3.43. The van der Waals surface area contributed by atoms with E-state index in [9.17, 15) is 0 Å². The number of anilines is 1. The average Bonchev–Trinajstić information content (AvgIpc) is 3.40. The van der Waals surface area contributed by atoms with Gasteiger partial charge in [0.25, 0.3) is 0 Å². The Kier molecular flexibility index (Phi) is 6.82. The summed E-state index contributed by atoms with van der Waals surface area (Å²) in [5.41, 5.74) is 9.71. The second kappa shape index (κ2) is 10.7. The highest BCUT2D eigenvalue weighted by molar-refractivity contribution is 7.16. The van der Waals surface area contributed by atoms with Crippen LogP contribution in [0.4, 0.5) is 5.69 Å². The Bertz CT molecular complexity index is 1380. The van der Waals surface area contributed by atoms with Gasteiger partial charge in [-0.05, 0) is 72.4 Å². The minimum absolute atomic E-state index is 0.412. The molecule has 3 heteroatoms. The maximum atomic E-state index is 4.51. The number of rotatable bonds is 7. The smallest absolute Gasteiger partial charge is 0.153 e. The topological polar surface area (TPSA) is 16.1 Å². The van der Waals surface area contributed by atoms with Crippen LogP contribution in [0.15, 0.2) is 109 Å². The molecule has 0 N–H and O–H groups in total. The fourth-order valence-electron chi connectivity index (χ4n) is 6.01. The maximum Gasteiger partial charge on any atom is 0.153 e. The molecule has 0 amide bonds. The zero-order chi connectivity index (χ0) is 24.2. The van der Waals surface area contributed by atoms with E-state index in [1.165, 1.54) is 33.5 Å². The summed E-state index contributed by atoms with van der Waals surface area (Å²) in [5.74, 6) is 1.17. The molecule has 0 aliphatic carbocycles. The standard InChI is InChI=1S/C33H31N2S/c1-4-10-25(11-5-1)20-28-18-19-35(29-16-17-33-31(23-29)34-24-36-33)32(22-27-14-8-3-9-15-27)30(28)21-26-12-6-2-7-13-26/h1-17,23,28,30,32H,18-22H2. The number of fused-ring (bicyclic) bond motifs is 1. The van der Waals surface area contributed by atoms with Gasteiger partial charge in [0.15, 0.2) is 5.51 Å². The van der Waals surface area contributed by atoms with Gasteiger partial charge < -0.3 is 4.90 Å². The Labute approximate surface area is 218 Å². The van der Waals surface area contributed by atoms with Gasteiger partial charge in [-0.2, -0.15) is 0 Å². The van der Waals surface area contributed by atoms with Crippen molar-refractivity contribution in [3.05, 3.63) is 131 Å². The summed E-state index contributed by atoms with van der Waals surface area (Å²) in [6.45, 7) is 1.07. The molecule has 0 bridgehead atoms. The molecule has 3 atom stereocenters. The van der Waals surface area contributed by atoms with Crippen LogP contribution in [-0.4, -0.2) is 17.6 Å². The fraction of sp³-hybridized carbons (Fsp3) is 0.242. The third-order valence-corrected chi connectivity index (χ3v) is 8.53. The summed E-state index contributed by atoms with van der Waals surface area (Å²) >= 11 is 1.60. The summed E-state index contributed by atoms with van der Waals surface area (Å²) in [4.78, 5) is 7.19. The van der Waals surface area contributed by atoms with E-state index in [0.717, 1.165) is 31.3 Å². The van der Waals surface area contributed by atoms with Gasteiger partial charge in [-0.3, -0.25) is 0 Å². The first-order valence-electron chi connectivity index (χ1n) is 13.0. The van der Waals surface area contributed by atoms with Crippen molar-refractivity contribution in [2.24, 2.45) is 11.8 Å². The highest BCUT2D eigenvalue weighted by Crippen LogP contribution is 2.39. The highest BCUT2D eigenvalue weighted by atomic mass is 32.1. The third-order valence-electron chi connectivity index (χ3n) is 7.78.